The molecule has 1 heterocycles. The van der Waals surface area contributed by atoms with E-state index >= 15 is 0 Å². The molecular weight excluding hydrogens is 190 g/mol. The van der Waals surface area contributed by atoms with Crippen LogP contribution in [0.15, 0.2) is 24.5 Å². The number of carbonyl (C=O) groups excluding carboxylic acids is 1. The highest BCUT2D eigenvalue weighted by molar-refractivity contribution is 5.74. The third-order valence-electron chi connectivity index (χ3n) is 2.66. The predicted molar refractivity (Wildman–Crippen MR) is 59.6 cm³/mol. The van der Waals surface area contributed by atoms with E-state index in [1.807, 2.05) is 36.0 Å². The lowest BCUT2D eigenvalue weighted by atomic mass is 9.99. The van der Waals surface area contributed by atoms with Crippen molar-refractivity contribution < 1.29 is 9.53 Å². The molecule has 0 spiro atoms. The Morgan fingerprint density at radius 2 is 1.93 bits per heavy atom. The number of hydrogen-bond donors (Lipinski definition) is 0. The third kappa shape index (κ3) is 2.85. The molecule has 0 aromatic carbocycles. The van der Waals surface area contributed by atoms with Gasteiger partial charge in [-0.1, -0.05) is 20.3 Å². The Hall–Kier alpha value is -1.25. The average Bonchev–Trinajstić information content (AvgIpc) is 2.71. The Kier molecular flexibility index (Phi) is 4.40. The molecular formula is C12H19NO2. The van der Waals surface area contributed by atoms with Gasteiger partial charge in [-0.15, -0.1) is 0 Å². The molecule has 0 unspecified atom stereocenters. The molecule has 1 rings (SSSR count). The van der Waals surface area contributed by atoms with Crippen molar-refractivity contribution in [1.29, 1.82) is 0 Å². The second-order valence-corrected chi connectivity index (χ2v) is 3.71. The van der Waals surface area contributed by atoms with Crippen LogP contribution >= 0.6 is 0 Å². The zero-order chi connectivity index (χ0) is 11.3. The Bertz CT molecular complexity index is 293. The summed E-state index contributed by atoms with van der Waals surface area (Å²) in [5.41, 5.74) is 0. The van der Waals surface area contributed by atoms with Gasteiger partial charge in [-0.25, -0.2) is 4.79 Å². The summed E-state index contributed by atoms with van der Waals surface area (Å²) in [7, 11) is 0. The van der Waals surface area contributed by atoms with Crippen LogP contribution in [0.2, 0.25) is 0 Å². The zero-order valence-corrected chi connectivity index (χ0v) is 9.64. The second kappa shape index (κ2) is 5.59. The largest absolute Gasteiger partial charge is 0.464 e. The number of aromatic nitrogens is 1. The minimum Gasteiger partial charge on any atom is -0.464 e. The van der Waals surface area contributed by atoms with Gasteiger partial charge in [-0.3, -0.25) is 0 Å². The predicted octanol–water partition coefficient (Wildman–Crippen LogP) is 2.64. The van der Waals surface area contributed by atoms with Gasteiger partial charge in [0.05, 0.1) is 6.61 Å². The minimum absolute atomic E-state index is 0.136. The molecule has 0 aliphatic carbocycles. The molecule has 15 heavy (non-hydrogen) atoms. The van der Waals surface area contributed by atoms with E-state index in [9.17, 15) is 4.79 Å². The summed E-state index contributed by atoms with van der Waals surface area (Å²) in [6.07, 6.45) is 4.78. The maximum atomic E-state index is 11.8. The molecule has 0 saturated carbocycles. The van der Waals surface area contributed by atoms with Crippen LogP contribution < -0.4 is 0 Å². The highest BCUT2D eigenvalue weighted by atomic mass is 16.5. The van der Waals surface area contributed by atoms with Crippen LogP contribution in [0.1, 0.15) is 33.2 Å². The molecule has 0 aliphatic rings. The zero-order valence-electron chi connectivity index (χ0n) is 9.64. The van der Waals surface area contributed by atoms with E-state index in [2.05, 4.69) is 13.8 Å². The van der Waals surface area contributed by atoms with Gasteiger partial charge in [-0.2, -0.15) is 0 Å². The minimum atomic E-state index is -0.190. The molecule has 3 heteroatoms. The highest BCUT2D eigenvalue weighted by Crippen LogP contribution is 2.22. The van der Waals surface area contributed by atoms with E-state index in [1.165, 1.54) is 0 Å². The monoisotopic (exact) mass is 209 g/mol. The molecule has 3 nitrogen and oxygen atoms in total. The van der Waals surface area contributed by atoms with Crippen LogP contribution in [0, 0.1) is 5.92 Å². The van der Waals surface area contributed by atoms with E-state index in [0.29, 0.717) is 6.61 Å². The van der Waals surface area contributed by atoms with Gasteiger partial charge in [0.1, 0.15) is 6.04 Å². The van der Waals surface area contributed by atoms with E-state index in [1.54, 1.807) is 0 Å². The lowest BCUT2D eigenvalue weighted by Gasteiger charge is -2.22. The number of rotatable bonds is 5. The molecule has 2 atom stereocenters. The van der Waals surface area contributed by atoms with Crippen LogP contribution in [0.4, 0.5) is 0 Å². The van der Waals surface area contributed by atoms with Crippen molar-refractivity contribution in [2.24, 2.45) is 5.92 Å². The normalized spacial score (nSPS) is 14.6. The SMILES string of the molecule is CCOC(=O)[C@H]([C@@H](C)CC)n1cccc1. The molecule has 0 radical (unpaired) electrons. The van der Waals surface area contributed by atoms with Gasteiger partial charge in [0.15, 0.2) is 0 Å². The van der Waals surface area contributed by atoms with Crippen LogP contribution in [0.3, 0.4) is 0 Å². The van der Waals surface area contributed by atoms with Crippen LogP contribution in [0.5, 0.6) is 0 Å². The summed E-state index contributed by atoms with van der Waals surface area (Å²) in [6, 6.07) is 3.66. The fourth-order valence-electron chi connectivity index (χ4n) is 1.63. The first-order valence-electron chi connectivity index (χ1n) is 5.49. The summed E-state index contributed by atoms with van der Waals surface area (Å²) in [5, 5.41) is 0. The van der Waals surface area contributed by atoms with Crippen LogP contribution in [0.25, 0.3) is 0 Å². The Labute approximate surface area is 91.0 Å². The highest BCUT2D eigenvalue weighted by Gasteiger charge is 2.26. The molecule has 1 aromatic rings. The number of hydrogen-bond acceptors (Lipinski definition) is 2. The van der Waals surface area contributed by atoms with E-state index in [-0.39, 0.29) is 17.9 Å². The Morgan fingerprint density at radius 3 is 2.40 bits per heavy atom. The summed E-state index contributed by atoms with van der Waals surface area (Å²) in [6.45, 7) is 6.43. The van der Waals surface area contributed by atoms with Gasteiger partial charge in [-0.05, 0) is 25.0 Å². The standard InChI is InChI=1S/C12H19NO2/c1-4-10(3)11(12(14)15-5-2)13-8-6-7-9-13/h6-11H,4-5H2,1-3H3/t10-,11-/m0/s1. The number of ether oxygens (including phenoxy) is 1. The summed E-state index contributed by atoms with van der Waals surface area (Å²) < 4.78 is 7.01. The summed E-state index contributed by atoms with van der Waals surface area (Å²) in [4.78, 5) is 11.8. The smallest absolute Gasteiger partial charge is 0.329 e. The lowest BCUT2D eigenvalue weighted by Crippen LogP contribution is -2.26. The Balaban J connectivity index is 2.83. The Morgan fingerprint density at radius 1 is 1.33 bits per heavy atom. The van der Waals surface area contributed by atoms with Gasteiger partial charge in [0.25, 0.3) is 0 Å². The second-order valence-electron chi connectivity index (χ2n) is 3.71. The third-order valence-corrected chi connectivity index (χ3v) is 2.66. The molecule has 0 fully saturated rings. The fourth-order valence-corrected chi connectivity index (χ4v) is 1.63. The average molecular weight is 209 g/mol. The molecule has 84 valence electrons. The van der Waals surface area contributed by atoms with Crippen LogP contribution in [-0.2, 0) is 9.53 Å². The molecule has 0 amide bonds. The quantitative estimate of drug-likeness (QED) is 0.698. The number of nitrogens with zero attached hydrogens (tertiary/aromatic N) is 1. The van der Waals surface area contributed by atoms with Crippen molar-refractivity contribution in [3.63, 3.8) is 0 Å². The van der Waals surface area contributed by atoms with Gasteiger partial charge in [0, 0.05) is 12.4 Å². The molecule has 0 N–H and O–H groups in total. The van der Waals surface area contributed by atoms with Crippen molar-refractivity contribution in [1.82, 2.24) is 4.57 Å². The van der Waals surface area contributed by atoms with Gasteiger partial charge >= 0.3 is 5.97 Å². The van der Waals surface area contributed by atoms with Crippen LogP contribution in [-0.4, -0.2) is 17.1 Å². The molecule has 0 saturated heterocycles. The number of esters is 1. The molecule has 0 aliphatic heterocycles. The maximum absolute atomic E-state index is 11.8. The molecule has 1 aromatic heterocycles. The molecule has 0 bridgehead atoms. The number of carbonyl (C=O) groups is 1. The van der Waals surface area contributed by atoms with E-state index in [0.717, 1.165) is 6.42 Å². The van der Waals surface area contributed by atoms with Gasteiger partial charge < -0.3 is 9.30 Å². The lowest BCUT2D eigenvalue weighted by molar-refractivity contribution is -0.148. The van der Waals surface area contributed by atoms with Gasteiger partial charge in [0.2, 0.25) is 0 Å². The fraction of sp³-hybridized carbons (Fsp3) is 0.583. The summed E-state index contributed by atoms with van der Waals surface area (Å²) >= 11 is 0. The topological polar surface area (TPSA) is 31.2 Å². The van der Waals surface area contributed by atoms with Crippen molar-refractivity contribution in [2.45, 2.75) is 33.2 Å². The van der Waals surface area contributed by atoms with Crippen molar-refractivity contribution >= 4 is 5.97 Å². The first kappa shape index (κ1) is 11.8. The van der Waals surface area contributed by atoms with E-state index in [4.69, 9.17) is 4.74 Å². The van der Waals surface area contributed by atoms with Crippen molar-refractivity contribution in [3.8, 4) is 0 Å². The van der Waals surface area contributed by atoms with Crippen molar-refractivity contribution in [3.05, 3.63) is 24.5 Å². The first-order valence-corrected chi connectivity index (χ1v) is 5.49. The summed E-state index contributed by atoms with van der Waals surface area (Å²) in [5.74, 6) is 0.152. The van der Waals surface area contributed by atoms with Crippen molar-refractivity contribution in [2.75, 3.05) is 6.61 Å². The first-order chi connectivity index (χ1) is 7.20. The maximum Gasteiger partial charge on any atom is 0.329 e. The van der Waals surface area contributed by atoms with E-state index < -0.39 is 0 Å².